The van der Waals surface area contributed by atoms with E-state index in [4.69, 9.17) is 4.98 Å². The lowest BCUT2D eigenvalue weighted by Gasteiger charge is -2.20. The highest BCUT2D eigenvalue weighted by atomic mass is 79.9. The Hall–Kier alpha value is -2.47. The Kier molecular flexibility index (Phi) is 5.20. The first-order chi connectivity index (χ1) is 12.7. The molecule has 0 amide bonds. The Morgan fingerprint density at radius 3 is 2.37 bits per heavy atom. The van der Waals surface area contributed by atoms with Gasteiger partial charge in [0.25, 0.3) is 5.56 Å². The topological polar surface area (TPSA) is 50.5 Å². The second-order valence-electron chi connectivity index (χ2n) is 7.69. The van der Waals surface area contributed by atoms with E-state index in [1.54, 1.807) is 12.3 Å². The molecule has 140 valence electrons. The van der Waals surface area contributed by atoms with Gasteiger partial charge in [-0.05, 0) is 35.9 Å². The molecule has 1 aromatic heterocycles. The van der Waals surface area contributed by atoms with E-state index in [0.717, 1.165) is 15.7 Å². The number of fused-ring (bicyclic) bond motifs is 1. The predicted octanol–water partition coefficient (Wildman–Crippen LogP) is 4.40. The van der Waals surface area contributed by atoms with E-state index in [1.807, 2.05) is 76.2 Å². The maximum Gasteiger partial charge on any atom is 0.282 e. The molecular weight excluding hydrogens is 404 g/mol. The number of anilines is 1. The highest BCUT2D eigenvalue weighted by Gasteiger charge is 2.22. The summed E-state index contributed by atoms with van der Waals surface area (Å²) < 4.78 is 2.25. The van der Waals surface area contributed by atoms with E-state index < -0.39 is 0 Å². The van der Waals surface area contributed by atoms with Crippen molar-refractivity contribution in [2.45, 2.75) is 26.2 Å². The van der Waals surface area contributed by atoms with Gasteiger partial charge >= 0.3 is 0 Å². The third-order valence-electron chi connectivity index (χ3n) is 4.21. The molecule has 0 aliphatic rings. The van der Waals surface area contributed by atoms with Crippen molar-refractivity contribution >= 4 is 38.7 Å². The zero-order valence-electron chi connectivity index (χ0n) is 16.2. The van der Waals surface area contributed by atoms with Crippen LogP contribution in [0.15, 0.2) is 56.8 Å². The van der Waals surface area contributed by atoms with E-state index in [9.17, 15) is 4.79 Å². The molecule has 3 aromatic rings. The molecule has 0 unspecified atom stereocenters. The molecule has 0 N–H and O–H groups in total. The Morgan fingerprint density at radius 2 is 1.78 bits per heavy atom. The van der Waals surface area contributed by atoms with E-state index in [-0.39, 0.29) is 11.0 Å². The standard InChI is InChI=1S/C21H23BrN4O/c1-21(2,3)20-24-18-11-8-15(22)12-17(18)19(27)26(20)23-13-14-6-9-16(10-7-14)25(4)5/h6-13H,1-5H3. The minimum Gasteiger partial charge on any atom is -0.378 e. The van der Waals surface area contributed by atoms with Crippen LogP contribution in [0.2, 0.25) is 0 Å². The van der Waals surface area contributed by atoms with Crippen LogP contribution >= 0.6 is 15.9 Å². The lowest BCUT2D eigenvalue weighted by molar-refractivity contribution is 0.506. The molecule has 3 rings (SSSR count). The predicted molar refractivity (Wildman–Crippen MR) is 116 cm³/mol. The van der Waals surface area contributed by atoms with Gasteiger partial charge in [-0.3, -0.25) is 4.79 Å². The van der Waals surface area contributed by atoms with Crippen molar-refractivity contribution in [3.05, 3.63) is 68.7 Å². The van der Waals surface area contributed by atoms with Crippen molar-refractivity contribution in [1.29, 1.82) is 0 Å². The Bertz CT molecular complexity index is 1060. The van der Waals surface area contributed by atoms with Gasteiger partial charge in [-0.1, -0.05) is 48.8 Å². The highest BCUT2D eigenvalue weighted by Crippen LogP contribution is 2.23. The van der Waals surface area contributed by atoms with Crippen molar-refractivity contribution in [2.75, 3.05) is 19.0 Å². The largest absolute Gasteiger partial charge is 0.378 e. The van der Waals surface area contributed by atoms with Gasteiger partial charge < -0.3 is 4.90 Å². The molecule has 0 spiro atoms. The number of hydrogen-bond donors (Lipinski definition) is 0. The van der Waals surface area contributed by atoms with Crippen LogP contribution in [-0.4, -0.2) is 30.0 Å². The first-order valence-electron chi connectivity index (χ1n) is 8.71. The minimum atomic E-state index is -0.327. The van der Waals surface area contributed by atoms with Crippen molar-refractivity contribution < 1.29 is 0 Å². The Morgan fingerprint density at radius 1 is 1.11 bits per heavy atom. The summed E-state index contributed by atoms with van der Waals surface area (Å²) in [6.45, 7) is 6.08. The fraction of sp³-hybridized carbons (Fsp3) is 0.286. The lowest BCUT2D eigenvalue weighted by atomic mass is 9.95. The third-order valence-corrected chi connectivity index (χ3v) is 4.70. The molecule has 0 aliphatic heterocycles. The second kappa shape index (κ2) is 7.27. The summed E-state index contributed by atoms with van der Waals surface area (Å²) in [4.78, 5) is 19.9. The van der Waals surface area contributed by atoms with Gasteiger partial charge in [0.1, 0.15) is 5.82 Å². The summed E-state index contributed by atoms with van der Waals surface area (Å²) in [5, 5.41) is 5.02. The number of aromatic nitrogens is 2. The molecule has 6 heteroatoms. The van der Waals surface area contributed by atoms with Crippen LogP contribution in [0.1, 0.15) is 32.2 Å². The highest BCUT2D eigenvalue weighted by molar-refractivity contribution is 9.10. The van der Waals surface area contributed by atoms with Gasteiger partial charge in [0.2, 0.25) is 0 Å². The molecule has 0 radical (unpaired) electrons. The number of rotatable bonds is 3. The summed E-state index contributed by atoms with van der Waals surface area (Å²) in [6.07, 6.45) is 1.70. The molecule has 0 saturated carbocycles. The molecule has 0 fully saturated rings. The molecule has 0 atom stereocenters. The van der Waals surface area contributed by atoms with Crippen LogP contribution in [0.4, 0.5) is 5.69 Å². The van der Waals surface area contributed by atoms with Crippen LogP contribution < -0.4 is 10.5 Å². The number of halogens is 1. The first kappa shape index (κ1) is 19.3. The fourth-order valence-electron chi connectivity index (χ4n) is 2.72. The quantitative estimate of drug-likeness (QED) is 0.582. The van der Waals surface area contributed by atoms with Crippen LogP contribution in [0.25, 0.3) is 10.9 Å². The SMILES string of the molecule is CN(C)c1ccc(C=Nn2c(C(C)(C)C)nc3ccc(Br)cc3c2=O)cc1. The molecule has 0 saturated heterocycles. The molecule has 2 aromatic carbocycles. The monoisotopic (exact) mass is 426 g/mol. The summed E-state index contributed by atoms with van der Waals surface area (Å²) in [7, 11) is 3.99. The Balaban J connectivity index is 2.14. The van der Waals surface area contributed by atoms with Crippen molar-refractivity contribution in [3.63, 3.8) is 0 Å². The second-order valence-corrected chi connectivity index (χ2v) is 8.61. The van der Waals surface area contributed by atoms with E-state index in [1.165, 1.54) is 4.68 Å². The van der Waals surface area contributed by atoms with Gasteiger partial charge in [-0.25, -0.2) is 4.98 Å². The third kappa shape index (κ3) is 4.11. The van der Waals surface area contributed by atoms with Crippen LogP contribution in [0, 0.1) is 0 Å². The minimum absolute atomic E-state index is 0.174. The molecule has 0 aliphatic carbocycles. The van der Waals surface area contributed by atoms with Crippen molar-refractivity contribution in [1.82, 2.24) is 9.66 Å². The summed E-state index contributed by atoms with van der Waals surface area (Å²) in [6, 6.07) is 13.5. The maximum atomic E-state index is 13.1. The van der Waals surface area contributed by atoms with E-state index >= 15 is 0 Å². The summed E-state index contributed by atoms with van der Waals surface area (Å²) in [5.41, 5.74) is 2.20. The average molecular weight is 427 g/mol. The summed E-state index contributed by atoms with van der Waals surface area (Å²) >= 11 is 3.42. The number of benzene rings is 2. The van der Waals surface area contributed by atoms with Gasteiger partial charge in [0.05, 0.1) is 17.1 Å². The zero-order valence-corrected chi connectivity index (χ0v) is 17.8. The fourth-order valence-corrected chi connectivity index (χ4v) is 3.09. The van der Waals surface area contributed by atoms with Crippen LogP contribution in [0.5, 0.6) is 0 Å². The van der Waals surface area contributed by atoms with Crippen LogP contribution in [0.3, 0.4) is 0 Å². The Labute approximate surface area is 167 Å². The van der Waals surface area contributed by atoms with Crippen molar-refractivity contribution in [3.8, 4) is 0 Å². The molecule has 0 bridgehead atoms. The normalized spacial score (nSPS) is 12.1. The van der Waals surface area contributed by atoms with E-state index in [0.29, 0.717) is 16.7 Å². The lowest BCUT2D eigenvalue weighted by Crippen LogP contribution is -2.29. The van der Waals surface area contributed by atoms with E-state index in [2.05, 4.69) is 21.0 Å². The molecular formula is C21H23BrN4O. The number of hydrogen-bond acceptors (Lipinski definition) is 4. The van der Waals surface area contributed by atoms with Gasteiger partial charge in [-0.15, -0.1) is 0 Å². The van der Waals surface area contributed by atoms with Gasteiger partial charge in [-0.2, -0.15) is 9.78 Å². The zero-order chi connectivity index (χ0) is 19.8. The average Bonchev–Trinajstić information content (AvgIpc) is 2.60. The van der Waals surface area contributed by atoms with Gasteiger partial charge in [0, 0.05) is 29.7 Å². The maximum absolute atomic E-state index is 13.1. The smallest absolute Gasteiger partial charge is 0.282 e. The summed E-state index contributed by atoms with van der Waals surface area (Å²) in [5.74, 6) is 0.628. The molecule has 1 heterocycles. The first-order valence-corrected chi connectivity index (χ1v) is 9.50. The molecule has 27 heavy (non-hydrogen) atoms. The number of nitrogens with zero attached hydrogens (tertiary/aromatic N) is 4. The molecule has 5 nitrogen and oxygen atoms in total. The van der Waals surface area contributed by atoms with Gasteiger partial charge in [0.15, 0.2) is 0 Å². The van der Waals surface area contributed by atoms with Crippen LogP contribution in [-0.2, 0) is 5.41 Å². The van der Waals surface area contributed by atoms with Crippen molar-refractivity contribution in [2.24, 2.45) is 5.10 Å².